The molecule has 0 atom stereocenters. The number of aromatic nitrogens is 1. The average Bonchev–Trinajstić information content (AvgIpc) is 2.76. The van der Waals surface area contributed by atoms with Gasteiger partial charge in [0.2, 0.25) is 5.88 Å². The third kappa shape index (κ3) is 4.29. The summed E-state index contributed by atoms with van der Waals surface area (Å²) in [6, 6.07) is 11.2. The molecule has 2 aromatic rings. The normalized spacial score (nSPS) is 25.2. The van der Waals surface area contributed by atoms with Crippen LogP contribution in [0.2, 0.25) is 0 Å². The molecule has 8 heteroatoms. The van der Waals surface area contributed by atoms with E-state index in [0.29, 0.717) is 43.1 Å². The largest absolute Gasteiger partial charge is 0.474 e. The number of hydrogen-bond acceptors (Lipinski definition) is 6. The smallest absolute Gasteiger partial charge is 0.254 e. The van der Waals surface area contributed by atoms with Gasteiger partial charge in [-0.1, -0.05) is 12.1 Å². The van der Waals surface area contributed by atoms with Crippen LogP contribution in [0.1, 0.15) is 63.2 Å². The monoisotopic (exact) mass is 446 g/mol. The van der Waals surface area contributed by atoms with E-state index in [1.54, 1.807) is 24.3 Å². The van der Waals surface area contributed by atoms with Gasteiger partial charge >= 0.3 is 0 Å². The maximum atomic E-state index is 12.6. The zero-order chi connectivity index (χ0) is 23.0. The first-order valence-electron chi connectivity index (χ1n) is 11.3. The Morgan fingerprint density at radius 2 is 2.09 bits per heavy atom. The van der Waals surface area contributed by atoms with Gasteiger partial charge in [-0.25, -0.2) is 4.98 Å². The zero-order valence-electron chi connectivity index (χ0n) is 18.3. The number of hydrogen-bond donors (Lipinski definition) is 2. The van der Waals surface area contributed by atoms with E-state index >= 15 is 0 Å². The van der Waals surface area contributed by atoms with Gasteiger partial charge in [0, 0.05) is 23.6 Å². The van der Waals surface area contributed by atoms with Crippen molar-refractivity contribution in [2.45, 2.75) is 57.3 Å². The quantitative estimate of drug-likeness (QED) is 0.702. The van der Waals surface area contributed by atoms with E-state index in [1.807, 2.05) is 6.07 Å². The standard InChI is InChI=1S/C25H26N4O4/c26-6-4-15-2-1-3-16(8-15)23(31)28-18-10-25(11-18)12-19(13-25)33-24-20(22(27)30)9-17-14-32-7-5-21(17)29-24/h1-3,8-9,18-19H,4-5,7,10-14H2,(H2,27,30)(H,28,31)/t18-,19-,25?. The minimum Gasteiger partial charge on any atom is -0.474 e. The van der Waals surface area contributed by atoms with Crippen LogP contribution >= 0.6 is 0 Å². The molecule has 2 aliphatic carbocycles. The summed E-state index contributed by atoms with van der Waals surface area (Å²) in [5.41, 5.74) is 9.26. The molecule has 1 aromatic heterocycles. The first-order chi connectivity index (χ1) is 15.9. The highest BCUT2D eigenvalue weighted by Gasteiger charge is 2.54. The third-order valence-corrected chi connectivity index (χ3v) is 6.93. The lowest BCUT2D eigenvalue weighted by atomic mass is 9.53. The topological polar surface area (TPSA) is 127 Å². The number of primary amides is 1. The molecule has 2 fully saturated rings. The Hall–Kier alpha value is -3.44. The summed E-state index contributed by atoms with van der Waals surface area (Å²) < 4.78 is 11.5. The highest BCUT2D eigenvalue weighted by molar-refractivity contribution is 5.95. The van der Waals surface area contributed by atoms with Crippen molar-refractivity contribution in [1.29, 1.82) is 5.26 Å². The van der Waals surface area contributed by atoms with Crippen LogP contribution in [-0.4, -0.2) is 35.6 Å². The predicted octanol–water partition coefficient (Wildman–Crippen LogP) is 2.44. The van der Waals surface area contributed by atoms with Crippen LogP contribution in [0.5, 0.6) is 5.88 Å². The number of pyridine rings is 1. The number of nitrogens with two attached hydrogens (primary N) is 1. The van der Waals surface area contributed by atoms with E-state index in [1.165, 1.54) is 0 Å². The van der Waals surface area contributed by atoms with Gasteiger partial charge in [-0.05, 0) is 54.9 Å². The number of benzene rings is 1. The molecular formula is C25H26N4O4. The van der Waals surface area contributed by atoms with E-state index < -0.39 is 5.91 Å². The summed E-state index contributed by atoms with van der Waals surface area (Å²) in [6.45, 7) is 1.04. The number of fused-ring (bicyclic) bond motifs is 1. The Kier molecular flexibility index (Phi) is 5.51. The van der Waals surface area contributed by atoms with Crippen LogP contribution < -0.4 is 15.8 Å². The number of nitrogens with zero attached hydrogens (tertiary/aromatic N) is 2. The van der Waals surface area contributed by atoms with Crippen LogP contribution in [-0.2, 0) is 24.2 Å². The Morgan fingerprint density at radius 3 is 2.85 bits per heavy atom. The molecule has 2 heterocycles. The molecule has 3 aliphatic rings. The Bertz CT molecular complexity index is 1140. The molecule has 1 aliphatic heterocycles. The van der Waals surface area contributed by atoms with Crippen molar-refractivity contribution in [3.8, 4) is 11.9 Å². The number of nitriles is 1. The molecular weight excluding hydrogens is 420 g/mol. The van der Waals surface area contributed by atoms with Gasteiger partial charge in [-0.15, -0.1) is 0 Å². The van der Waals surface area contributed by atoms with Crippen LogP contribution in [0.25, 0.3) is 0 Å². The van der Waals surface area contributed by atoms with Gasteiger partial charge in [0.25, 0.3) is 11.8 Å². The zero-order valence-corrected chi connectivity index (χ0v) is 18.3. The molecule has 33 heavy (non-hydrogen) atoms. The van der Waals surface area contributed by atoms with E-state index in [9.17, 15) is 9.59 Å². The van der Waals surface area contributed by atoms with Gasteiger partial charge in [-0.2, -0.15) is 5.26 Å². The van der Waals surface area contributed by atoms with Gasteiger partial charge < -0.3 is 20.5 Å². The number of ether oxygens (including phenoxy) is 2. The first-order valence-corrected chi connectivity index (χ1v) is 11.3. The van der Waals surface area contributed by atoms with Gasteiger partial charge in [0.05, 0.1) is 31.4 Å². The maximum Gasteiger partial charge on any atom is 0.254 e. The van der Waals surface area contributed by atoms with E-state index in [2.05, 4.69) is 16.4 Å². The van der Waals surface area contributed by atoms with Crippen molar-refractivity contribution < 1.29 is 19.1 Å². The van der Waals surface area contributed by atoms with Crippen molar-refractivity contribution >= 4 is 11.8 Å². The Morgan fingerprint density at radius 1 is 1.27 bits per heavy atom. The van der Waals surface area contributed by atoms with Crippen LogP contribution in [0.15, 0.2) is 30.3 Å². The van der Waals surface area contributed by atoms with Crippen LogP contribution in [0.3, 0.4) is 0 Å². The minimum absolute atomic E-state index is 0.00666. The average molecular weight is 447 g/mol. The second kappa shape index (κ2) is 8.49. The lowest BCUT2D eigenvalue weighted by Gasteiger charge is -2.57. The molecule has 3 N–H and O–H groups in total. The predicted molar refractivity (Wildman–Crippen MR) is 118 cm³/mol. The lowest BCUT2D eigenvalue weighted by molar-refractivity contribution is -0.0849. The maximum absolute atomic E-state index is 12.6. The highest BCUT2D eigenvalue weighted by Crippen LogP contribution is 2.56. The second-order valence-corrected chi connectivity index (χ2v) is 9.38. The fourth-order valence-electron chi connectivity index (χ4n) is 5.28. The molecule has 8 nitrogen and oxygen atoms in total. The molecule has 5 rings (SSSR count). The first kappa shape index (κ1) is 21.4. The van der Waals surface area contributed by atoms with E-state index in [0.717, 1.165) is 42.5 Å². The molecule has 0 saturated heterocycles. The van der Waals surface area contributed by atoms with Crippen LogP contribution in [0.4, 0.5) is 0 Å². The van der Waals surface area contributed by atoms with E-state index in [-0.39, 0.29) is 23.5 Å². The number of carbonyl (C=O) groups is 2. The summed E-state index contributed by atoms with van der Waals surface area (Å²) in [6.07, 6.45) is 4.54. The lowest BCUT2D eigenvalue weighted by Crippen LogP contribution is -2.58. The summed E-state index contributed by atoms with van der Waals surface area (Å²) in [7, 11) is 0. The summed E-state index contributed by atoms with van der Waals surface area (Å²) in [5.74, 6) is -0.329. The molecule has 1 aromatic carbocycles. The van der Waals surface area contributed by atoms with Crippen molar-refractivity contribution in [2.24, 2.45) is 11.1 Å². The van der Waals surface area contributed by atoms with Gasteiger partial charge in [0.15, 0.2) is 0 Å². The summed E-state index contributed by atoms with van der Waals surface area (Å²) in [5, 5.41) is 11.9. The molecule has 0 radical (unpaired) electrons. The molecule has 0 unspecified atom stereocenters. The van der Waals surface area contributed by atoms with Gasteiger partial charge in [0.1, 0.15) is 11.7 Å². The third-order valence-electron chi connectivity index (χ3n) is 6.93. The fourth-order valence-corrected chi connectivity index (χ4v) is 5.28. The summed E-state index contributed by atoms with van der Waals surface area (Å²) in [4.78, 5) is 29.1. The Balaban J connectivity index is 1.15. The Labute approximate surface area is 192 Å². The molecule has 1 spiro atoms. The number of rotatable bonds is 6. The SMILES string of the molecule is N#CCc1cccc(C(=O)N[C@H]2CC3(C2)C[C@H](Oc2nc4c(cc2C(N)=O)COCC4)C3)c1. The number of carbonyl (C=O) groups excluding carboxylic acids is 2. The van der Waals surface area contributed by atoms with Crippen molar-refractivity contribution in [3.63, 3.8) is 0 Å². The summed E-state index contributed by atoms with van der Waals surface area (Å²) >= 11 is 0. The minimum atomic E-state index is -0.551. The number of amides is 2. The van der Waals surface area contributed by atoms with Crippen LogP contribution in [0, 0.1) is 16.7 Å². The van der Waals surface area contributed by atoms with Crippen molar-refractivity contribution in [3.05, 3.63) is 58.3 Å². The number of nitrogens with one attached hydrogen (secondary N) is 1. The molecule has 170 valence electrons. The molecule has 2 saturated carbocycles. The van der Waals surface area contributed by atoms with E-state index in [4.69, 9.17) is 20.5 Å². The molecule has 0 bridgehead atoms. The van der Waals surface area contributed by atoms with Crippen molar-refractivity contribution in [2.75, 3.05) is 6.61 Å². The highest BCUT2D eigenvalue weighted by atomic mass is 16.5. The van der Waals surface area contributed by atoms with Gasteiger partial charge in [-0.3, -0.25) is 9.59 Å². The molecule has 2 amide bonds. The second-order valence-electron chi connectivity index (χ2n) is 9.38. The van der Waals surface area contributed by atoms with Crippen molar-refractivity contribution in [1.82, 2.24) is 10.3 Å². The fraction of sp³-hybridized carbons (Fsp3) is 0.440.